The second-order valence-electron chi connectivity index (χ2n) is 4.31. The third-order valence-corrected chi connectivity index (χ3v) is 5.52. The van der Waals surface area contributed by atoms with E-state index in [1.165, 1.54) is 29.7 Å². The van der Waals surface area contributed by atoms with Crippen molar-refractivity contribution in [3.63, 3.8) is 0 Å². The van der Waals surface area contributed by atoms with Gasteiger partial charge in [0.05, 0.1) is 20.9 Å². The van der Waals surface area contributed by atoms with Crippen molar-refractivity contribution in [3.8, 4) is 0 Å². The van der Waals surface area contributed by atoms with Crippen molar-refractivity contribution in [1.82, 2.24) is 9.97 Å². The van der Waals surface area contributed by atoms with Gasteiger partial charge >= 0.3 is 0 Å². The van der Waals surface area contributed by atoms with E-state index in [1.54, 1.807) is 18.2 Å². The third-order valence-electron chi connectivity index (χ3n) is 2.76. The maximum Gasteiger partial charge on any atom is 0.264 e. The van der Waals surface area contributed by atoms with Crippen molar-refractivity contribution >= 4 is 48.9 Å². The number of benzene rings is 1. The number of pyridine rings is 1. The fourth-order valence-corrected chi connectivity index (χ4v) is 4.26. The zero-order valence-electron chi connectivity index (χ0n) is 10.9. The van der Waals surface area contributed by atoms with Gasteiger partial charge in [0.15, 0.2) is 0 Å². The Morgan fingerprint density at radius 2 is 2.10 bits per heavy atom. The monoisotopic (exact) mass is 339 g/mol. The number of anilines is 1. The van der Waals surface area contributed by atoms with E-state index in [-0.39, 0.29) is 10.0 Å². The Balaban J connectivity index is 1.99. The number of thiazole rings is 1. The Morgan fingerprint density at radius 1 is 1.29 bits per heavy atom. The van der Waals surface area contributed by atoms with E-state index in [9.17, 15) is 8.42 Å². The zero-order valence-corrected chi connectivity index (χ0v) is 13.3. The van der Waals surface area contributed by atoms with Crippen molar-refractivity contribution in [1.29, 1.82) is 0 Å². The average Bonchev–Trinajstić information content (AvgIpc) is 2.78. The van der Waals surface area contributed by atoms with Crippen LogP contribution in [-0.4, -0.2) is 18.4 Å². The number of hydrogen-bond donors (Lipinski definition) is 1. The van der Waals surface area contributed by atoms with E-state index in [0.717, 1.165) is 15.2 Å². The fourth-order valence-electron chi connectivity index (χ4n) is 1.89. The molecule has 108 valence electrons. The molecule has 0 aliphatic carbocycles. The van der Waals surface area contributed by atoms with Crippen LogP contribution >= 0.6 is 22.9 Å². The fraction of sp³-hybridized carbons (Fsp3) is 0.0769. The van der Waals surface area contributed by atoms with Gasteiger partial charge in [0.1, 0.15) is 10.0 Å². The molecule has 1 aromatic carbocycles. The van der Waals surface area contributed by atoms with Crippen LogP contribution in [0.3, 0.4) is 0 Å². The first-order valence-electron chi connectivity index (χ1n) is 5.96. The summed E-state index contributed by atoms with van der Waals surface area (Å²) in [4.78, 5) is 8.06. The standard InChI is InChI=1S/C13H10ClN3O2S2/c1-8-16-10-5-4-9(7-11(10)20-8)17-21(18,19)12-3-2-6-15-13(12)14/h2-7,17H,1H3. The smallest absolute Gasteiger partial charge is 0.264 e. The van der Waals surface area contributed by atoms with Gasteiger partial charge in [0, 0.05) is 6.20 Å². The van der Waals surface area contributed by atoms with Crippen molar-refractivity contribution < 1.29 is 8.42 Å². The van der Waals surface area contributed by atoms with Crippen LogP contribution in [0.5, 0.6) is 0 Å². The summed E-state index contributed by atoms with van der Waals surface area (Å²) in [5.74, 6) is 0. The minimum Gasteiger partial charge on any atom is -0.279 e. The maximum absolute atomic E-state index is 12.3. The van der Waals surface area contributed by atoms with Gasteiger partial charge in [-0.3, -0.25) is 4.72 Å². The first-order chi connectivity index (χ1) is 9.95. The van der Waals surface area contributed by atoms with E-state index >= 15 is 0 Å². The Hall–Kier alpha value is -1.70. The molecular weight excluding hydrogens is 330 g/mol. The van der Waals surface area contributed by atoms with Gasteiger partial charge in [-0.1, -0.05) is 11.6 Å². The molecule has 0 fully saturated rings. The number of sulfonamides is 1. The highest BCUT2D eigenvalue weighted by molar-refractivity contribution is 7.92. The molecule has 3 aromatic rings. The number of nitrogens with one attached hydrogen (secondary N) is 1. The zero-order chi connectivity index (χ0) is 15.0. The number of halogens is 1. The van der Waals surface area contributed by atoms with E-state index in [2.05, 4.69) is 14.7 Å². The van der Waals surface area contributed by atoms with Crippen LogP contribution in [0.15, 0.2) is 41.4 Å². The van der Waals surface area contributed by atoms with Crippen molar-refractivity contribution in [2.75, 3.05) is 4.72 Å². The van der Waals surface area contributed by atoms with E-state index in [1.807, 2.05) is 6.92 Å². The summed E-state index contributed by atoms with van der Waals surface area (Å²) in [6.45, 7) is 1.91. The summed E-state index contributed by atoms with van der Waals surface area (Å²) in [5, 5.41) is 0.875. The first kappa shape index (κ1) is 14.2. The number of nitrogens with zero attached hydrogens (tertiary/aromatic N) is 2. The van der Waals surface area contributed by atoms with Gasteiger partial charge in [-0.05, 0) is 37.3 Å². The number of aromatic nitrogens is 2. The molecule has 21 heavy (non-hydrogen) atoms. The summed E-state index contributed by atoms with van der Waals surface area (Å²) in [7, 11) is -3.77. The highest BCUT2D eigenvalue weighted by Gasteiger charge is 2.18. The summed E-state index contributed by atoms with van der Waals surface area (Å²) in [6.07, 6.45) is 1.44. The van der Waals surface area contributed by atoms with Crippen LogP contribution in [0.2, 0.25) is 5.15 Å². The molecule has 0 spiro atoms. The molecule has 0 saturated heterocycles. The number of hydrogen-bond acceptors (Lipinski definition) is 5. The molecule has 0 bridgehead atoms. The molecule has 0 amide bonds. The van der Waals surface area contributed by atoms with Crippen LogP contribution in [0.25, 0.3) is 10.2 Å². The Labute approximate surface area is 130 Å². The SMILES string of the molecule is Cc1nc2ccc(NS(=O)(=O)c3cccnc3Cl)cc2s1. The van der Waals surface area contributed by atoms with Crippen molar-refractivity contribution in [3.05, 3.63) is 46.7 Å². The Bertz CT molecular complexity index is 922. The van der Waals surface area contributed by atoms with Gasteiger partial charge in [-0.2, -0.15) is 0 Å². The lowest BCUT2D eigenvalue weighted by molar-refractivity contribution is 0.601. The largest absolute Gasteiger partial charge is 0.279 e. The lowest BCUT2D eigenvalue weighted by Crippen LogP contribution is -2.13. The maximum atomic E-state index is 12.3. The van der Waals surface area contributed by atoms with Crippen LogP contribution in [0.4, 0.5) is 5.69 Å². The molecule has 2 heterocycles. The summed E-state index contributed by atoms with van der Waals surface area (Å²) in [5.41, 5.74) is 1.31. The summed E-state index contributed by atoms with van der Waals surface area (Å²) >= 11 is 7.34. The molecule has 0 aliphatic heterocycles. The van der Waals surface area contributed by atoms with E-state index in [4.69, 9.17) is 11.6 Å². The quantitative estimate of drug-likeness (QED) is 0.742. The number of fused-ring (bicyclic) bond motifs is 1. The molecule has 0 unspecified atom stereocenters. The van der Waals surface area contributed by atoms with Gasteiger partial charge in [-0.25, -0.2) is 18.4 Å². The predicted molar refractivity (Wildman–Crippen MR) is 84.4 cm³/mol. The van der Waals surface area contributed by atoms with E-state index < -0.39 is 10.0 Å². The Morgan fingerprint density at radius 3 is 2.86 bits per heavy atom. The first-order valence-corrected chi connectivity index (χ1v) is 8.64. The highest BCUT2D eigenvalue weighted by atomic mass is 35.5. The normalized spacial score (nSPS) is 11.7. The molecule has 1 N–H and O–H groups in total. The van der Waals surface area contributed by atoms with Crippen molar-refractivity contribution in [2.24, 2.45) is 0 Å². The van der Waals surface area contributed by atoms with Gasteiger partial charge in [0.25, 0.3) is 10.0 Å². The topological polar surface area (TPSA) is 72.0 Å². The highest BCUT2D eigenvalue weighted by Crippen LogP contribution is 2.27. The lowest BCUT2D eigenvalue weighted by atomic mass is 10.3. The van der Waals surface area contributed by atoms with Crippen LogP contribution in [0.1, 0.15) is 5.01 Å². The molecule has 8 heteroatoms. The lowest BCUT2D eigenvalue weighted by Gasteiger charge is -2.08. The number of aryl methyl sites for hydroxylation is 1. The summed E-state index contributed by atoms with van der Waals surface area (Å²) in [6, 6.07) is 8.13. The molecule has 2 aromatic heterocycles. The van der Waals surface area contributed by atoms with Crippen LogP contribution in [-0.2, 0) is 10.0 Å². The second-order valence-corrected chi connectivity index (χ2v) is 7.56. The minimum atomic E-state index is -3.77. The average molecular weight is 340 g/mol. The molecule has 0 atom stereocenters. The van der Waals surface area contributed by atoms with E-state index in [0.29, 0.717) is 5.69 Å². The Kier molecular flexibility index (Phi) is 3.56. The molecule has 0 aliphatic rings. The summed E-state index contributed by atoms with van der Waals surface area (Å²) < 4.78 is 28.1. The van der Waals surface area contributed by atoms with Crippen molar-refractivity contribution in [2.45, 2.75) is 11.8 Å². The predicted octanol–water partition coefficient (Wildman–Crippen LogP) is 3.45. The molecule has 3 rings (SSSR count). The number of rotatable bonds is 3. The molecule has 0 radical (unpaired) electrons. The molecular formula is C13H10ClN3O2S2. The van der Waals surface area contributed by atoms with Crippen LogP contribution < -0.4 is 4.72 Å². The van der Waals surface area contributed by atoms with Gasteiger partial charge in [0.2, 0.25) is 0 Å². The van der Waals surface area contributed by atoms with Gasteiger partial charge in [-0.15, -0.1) is 11.3 Å². The third kappa shape index (κ3) is 2.85. The second kappa shape index (κ2) is 5.25. The molecule has 0 saturated carbocycles. The molecule has 5 nitrogen and oxygen atoms in total. The van der Waals surface area contributed by atoms with Crippen LogP contribution in [0, 0.1) is 6.92 Å². The van der Waals surface area contributed by atoms with Gasteiger partial charge < -0.3 is 0 Å². The minimum absolute atomic E-state index is 0.0488.